The number of halogens is 13. The zero-order chi connectivity index (χ0) is 20.7. The second-order valence-electron chi connectivity index (χ2n) is 4.10. The van der Waals surface area contributed by atoms with Crippen molar-refractivity contribution in [2.75, 3.05) is 6.61 Å². The lowest BCUT2D eigenvalue weighted by Crippen LogP contribution is -2.70. The molecule has 0 rings (SSSR count). The lowest BCUT2D eigenvalue weighted by atomic mass is 9.97. The smallest absolute Gasteiger partial charge is 0.311 e. The molecule has 0 aromatic heterocycles. The molecule has 0 radical (unpaired) electrons. The van der Waals surface area contributed by atoms with Crippen molar-refractivity contribution in [2.45, 2.75) is 42.9 Å². The molecule has 0 amide bonds. The fourth-order valence-corrected chi connectivity index (χ4v) is 1.70. The van der Waals surface area contributed by atoms with Crippen LogP contribution in [-0.2, 0) is 13.6 Å². The maximum atomic E-state index is 13.0. The average molecular weight is 428 g/mol. The van der Waals surface area contributed by atoms with E-state index in [0.29, 0.717) is 0 Å². The normalized spacial score (nSPS) is 16.9. The molecule has 25 heavy (non-hydrogen) atoms. The molecule has 3 nitrogen and oxygen atoms in total. The highest BCUT2D eigenvalue weighted by Gasteiger charge is 2.91. The van der Waals surface area contributed by atoms with Gasteiger partial charge in [-0.3, -0.25) is 4.57 Å². The van der Waals surface area contributed by atoms with Gasteiger partial charge in [-0.2, -0.15) is 57.1 Å². The Labute approximate surface area is 130 Å². The molecular formula is C8H6F13O3P. The summed E-state index contributed by atoms with van der Waals surface area (Å²) in [6.45, 7) is 0.132. The summed E-state index contributed by atoms with van der Waals surface area (Å²) >= 11 is 0. The first kappa shape index (κ1) is 24.2. The van der Waals surface area contributed by atoms with Gasteiger partial charge >= 0.3 is 44.2 Å². The molecule has 0 aromatic carbocycles. The van der Waals surface area contributed by atoms with Crippen LogP contribution in [0.5, 0.6) is 0 Å². The molecule has 0 N–H and O–H groups in total. The van der Waals surface area contributed by atoms with Crippen LogP contribution in [0, 0.1) is 0 Å². The summed E-state index contributed by atoms with van der Waals surface area (Å²) in [7, 11) is -4.72. The molecule has 0 spiro atoms. The van der Waals surface area contributed by atoms with Gasteiger partial charge in [0.15, 0.2) is 0 Å². The van der Waals surface area contributed by atoms with Gasteiger partial charge in [-0.15, -0.1) is 0 Å². The fraction of sp³-hybridized carbons (Fsp3) is 1.00. The third-order valence-corrected chi connectivity index (χ3v) is 3.33. The van der Waals surface area contributed by atoms with E-state index in [2.05, 4.69) is 9.05 Å². The third kappa shape index (κ3) is 3.84. The van der Waals surface area contributed by atoms with Crippen LogP contribution in [0.1, 0.15) is 6.92 Å². The van der Waals surface area contributed by atoms with Crippen LogP contribution >= 0.6 is 8.25 Å². The summed E-state index contributed by atoms with van der Waals surface area (Å²) in [5.41, 5.74) is 0. The SMILES string of the molecule is CCO[PH](=O)OC(F)(F)C(F)(F)C(F)(F)C(F)(F)C(F)(F)C(F)(F)F. The Morgan fingerprint density at radius 1 is 0.680 bits per heavy atom. The Morgan fingerprint density at radius 2 is 1.04 bits per heavy atom. The first-order valence-corrected chi connectivity index (χ1v) is 6.74. The summed E-state index contributed by atoms with van der Waals surface area (Å²) in [5.74, 6) is -31.5. The Balaban J connectivity index is 6.07. The molecule has 0 fully saturated rings. The minimum Gasteiger partial charge on any atom is -0.311 e. The highest BCUT2D eigenvalue weighted by atomic mass is 31.1. The van der Waals surface area contributed by atoms with Gasteiger partial charge in [-0.25, -0.2) is 4.52 Å². The second-order valence-corrected chi connectivity index (χ2v) is 5.09. The molecule has 1 unspecified atom stereocenters. The van der Waals surface area contributed by atoms with Gasteiger partial charge in [0.2, 0.25) is 0 Å². The fourth-order valence-electron chi connectivity index (χ4n) is 1.07. The van der Waals surface area contributed by atoms with Crippen LogP contribution in [0.4, 0.5) is 57.1 Å². The van der Waals surface area contributed by atoms with Crippen LogP contribution < -0.4 is 0 Å². The Bertz CT molecular complexity index is 500. The summed E-state index contributed by atoms with van der Waals surface area (Å²) in [4.78, 5) is 0. The van der Waals surface area contributed by atoms with Crippen LogP contribution in [0.15, 0.2) is 0 Å². The predicted molar refractivity (Wildman–Crippen MR) is 52.5 cm³/mol. The van der Waals surface area contributed by atoms with Crippen molar-refractivity contribution in [3.05, 3.63) is 0 Å². The molecule has 0 bridgehead atoms. The molecule has 1 atom stereocenters. The zero-order valence-electron chi connectivity index (χ0n) is 11.3. The third-order valence-electron chi connectivity index (χ3n) is 2.38. The number of rotatable bonds is 8. The van der Waals surface area contributed by atoms with Gasteiger partial charge in [-0.05, 0) is 6.92 Å². The molecule has 152 valence electrons. The number of alkyl halides is 13. The van der Waals surface area contributed by atoms with Crippen molar-refractivity contribution < 1.29 is 70.7 Å². The van der Waals surface area contributed by atoms with E-state index >= 15 is 0 Å². The topological polar surface area (TPSA) is 35.5 Å². The Morgan fingerprint density at radius 3 is 1.36 bits per heavy atom. The van der Waals surface area contributed by atoms with E-state index in [1.54, 1.807) is 0 Å². The Kier molecular flexibility index (Phi) is 6.55. The van der Waals surface area contributed by atoms with Crippen LogP contribution in [0.25, 0.3) is 0 Å². The molecule has 17 heteroatoms. The second kappa shape index (κ2) is 6.76. The van der Waals surface area contributed by atoms with Crippen molar-refractivity contribution in [3.8, 4) is 0 Å². The van der Waals surface area contributed by atoms with Crippen molar-refractivity contribution >= 4 is 8.25 Å². The summed E-state index contributed by atoms with van der Waals surface area (Å²) in [5, 5.41) is 0. The molecular weight excluding hydrogens is 422 g/mol. The molecule has 0 aliphatic rings. The minimum absolute atomic E-state index is 0.780. The maximum Gasteiger partial charge on any atom is 0.460 e. The summed E-state index contributed by atoms with van der Waals surface area (Å²) in [6, 6.07) is 0. The Hall–Kier alpha value is -0.760. The summed E-state index contributed by atoms with van der Waals surface area (Å²) in [6.07, 6.45) is -14.3. The van der Waals surface area contributed by atoms with Gasteiger partial charge in [0.1, 0.15) is 0 Å². The zero-order valence-corrected chi connectivity index (χ0v) is 12.3. The van der Waals surface area contributed by atoms with Gasteiger partial charge in [0.05, 0.1) is 6.61 Å². The monoisotopic (exact) mass is 428 g/mol. The van der Waals surface area contributed by atoms with Gasteiger partial charge in [0.25, 0.3) is 0 Å². The predicted octanol–water partition coefficient (Wildman–Crippen LogP) is 5.13. The number of hydrogen-bond donors (Lipinski definition) is 0. The molecule has 0 aromatic rings. The van der Waals surface area contributed by atoms with E-state index in [1.165, 1.54) is 0 Å². The first-order chi connectivity index (χ1) is 10.7. The van der Waals surface area contributed by atoms with Crippen molar-refractivity contribution in [3.63, 3.8) is 0 Å². The highest BCUT2D eigenvalue weighted by molar-refractivity contribution is 7.33. The van der Waals surface area contributed by atoms with Gasteiger partial charge in [0, 0.05) is 0 Å². The minimum atomic E-state index is -8.03. The molecule has 0 saturated heterocycles. The van der Waals surface area contributed by atoms with E-state index in [-0.39, 0.29) is 0 Å². The summed E-state index contributed by atoms with van der Waals surface area (Å²) < 4.78 is 180. The lowest BCUT2D eigenvalue weighted by molar-refractivity contribution is -0.457. The average Bonchev–Trinajstić information content (AvgIpc) is 2.35. The standard InChI is InChI=1S/C8H6F13O3P/c1-2-23-25(22)24-8(20,21)6(15,16)4(11,12)3(9,10)5(13,14)7(17,18)19/h25H,2H2,1H3. The molecule has 0 aliphatic heterocycles. The van der Waals surface area contributed by atoms with E-state index in [4.69, 9.17) is 0 Å². The van der Waals surface area contributed by atoms with E-state index in [9.17, 15) is 61.6 Å². The molecule has 0 heterocycles. The quantitative estimate of drug-likeness (QED) is 0.398. The first-order valence-electron chi connectivity index (χ1n) is 5.52. The molecule has 0 aliphatic carbocycles. The van der Waals surface area contributed by atoms with Crippen molar-refractivity contribution in [2.24, 2.45) is 0 Å². The largest absolute Gasteiger partial charge is 0.460 e. The van der Waals surface area contributed by atoms with Gasteiger partial charge < -0.3 is 4.52 Å². The van der Waals surface area contributed by atoms with Crippen LogP contribution in [0.3, 0.4) is 0 Å². The van der Waals surface area contributed by atoms with Crippen LogP contribution in [0.2, 0.25) is 0 Å². The van der Waals surface area contributed by atoms with Crippen LogP contribution in [-0.4, -0.2) is 42.6 Å². The van der Waals surface area contributed by atoms with E-state index < -0.39 is 50.8 Å². The van der Waals surface area contributed by atoms with Crippen molar-refractivity contribution in [1.29, 1.82) is 0 Å². The highest BCUT2D eigenvalue weighted by Crippen LogP contribution is 2.61. The lowest BCUT2D eigenvalue weighted by Gasteiger charge is -2.39. The molecule has 0 saturated carbocycles. The number of hydrogen-bond acceptors (Lipinski definition) is 3. The van der Waals surface area contributed by atoms with Crippen molar-refractivity contribution in [1.82, 2.24) is 0 Å². The van der Waals surface area contributed by atoms with E-state index in [1.807, 2.05) is 0 Å². The maximum absolute atomic E-state index is 13.0. The van der Waals surface area contributed by atoms with Gasteiger partial charge in [-0.1, -0.05) is 0 Å². The van der Waals surface area contributed by atoms with E-state index in [0.717, 1.165) is 6.92 Å².